The van der Waals surface area contributed by atoms with Crippen LogP contribution in [0, 0.1) is 0 Å². The summed E-state index contributed by atoms with van der Waals surface area (Å²) in [6.45, 7) is -0.0423. The Balaban J connectivity index is 2.45. The number of hydrogen-bond donors (Lipinski definition) is 3. The van der Waals surface area contributed by atoms with E-state index in [2.05, 4.69) is 5.32 Å². The van der Waals surface area contributed by atoms with Crippen molar-refractivity contribution in [3.63, 3.8) is 0 Å². The lowest BCUT2D eigenvalue weighted by molar-refractivity contribution is -0.140. The summed E-state index contributed by atoms with van der Waals surface area (Å²) in [6.07, 6.45) is -0.632. The van der Waals surface area contributed by atoms with Gasteiger partial charge in [-0.3, -0.25) is 9.59 Å². The normalized spacial score (nSPS) is 9.75. The van der Waals surface area contributed by atoms with E-state index in [9.17, 15) is 14.4 Å². The maximum atomic E-state index is 10.9. The van der Waals surface area contributed by atoms with Crippen LogP contribution in [-0.2, 0) is 16.1 Å². The fraction of sp³-hybridized carbons (Fsp3) is 0.222. The van der Waals surface area contributed by atoms with Crippen LogP contribution in [0.5, 0.6) is 0 Å². The van der Waals surface area contributed by atoms with E-state index >= 15 is 0 Å². The first-order valence-electron chi connectivity index (χ1n) is 4.29. The van der Waals surface area contributed by atoms with Crippen molar-refractivity contribution in [1.29, 1.82) is 0 Å². The molecule has 1 amide bonds. The van der Waals surface area contributed by atoms with Gasteiger partial charge in [-0.2, -0.15) is 0 Å². The molecule has 0 unspecified atom stereocenters. The van der Waals surface area contributed by atoms with E-state index in [0.29, 0.717) is 0 Å². The number of hydrogen-bond acceptors (Lipinski definition) is 4. The molecule has 0 aliphatic rings. The zero-order valence-electron chi connectivity index (χ0n) is 8.10. The molecule has 0 saturated carbocycles. The summed E-state index contributed by atoms with van der Waals surface area (Å²) in [5, 5.41) is 19.1. The number of rotatable bonds is 5. The average Bonchev–Trinajstić information content (AvgIpc) is 2.61. The van der Waals surface area contributed by atoms with Crippen LogP contribution in [0.3, 0.4) is 0 Å². The molecule has 0 aliphatic carbocycles. The van der Waals surface area contributed by atoms with Crippen molar-refractivity contribution in [2.45, 2.75) is 13.0 Å². The van der Waals surface area contributed by atoms with E-state index in [1.807, 2.05) is 0 Å². The van der Waals surface area contributed by atoms with Crippen molar-refractivity contribution in [3.8, 4) is 0 Å². The van der Waals surface area contributed by atoms with Gasteiger partial charge in [-0.25, -0.2) is 4.79 Å². The lowest BCUT2D eigenvalue weighted by Crippen LogP contribution is -2.24. The SMILES string of the molecule is O=C(O)CC(=O)NCc1ccc(C(=O)O)o1. The average molecular weight is 227 g/mol. The summed E-state index contributed by atoms with van der Waals surface area (Å²) in [6, 6.07) is 2.64. The van der Waals surface area contributed by atoms with Crippen LogP contribution in [0.25, 0.3) is 0 Å². The van der Waals surface area contributed by atoms with Crippen molar-refractivity contribution < 1.29 is 29.0 Å². The summed E-state index contributed by atoms with van der Waals surface area (Å²) < 4.78 is 4.84. The highest BCUT2D eigenvalue weighted by Crippen LogP contribution is 2.07. The Hall–Kier alpha value is -2.31. The predicted octanol–water partition coefficient (Wildman–Crippen LogP) is 0.0687. The number of amides is 1. The lowest BCUT2D eigenvalue weighted by Gasteiger charge is -1.99. The summed E-state index contributed by atoms with van der Waals surface area (Å²) in [7, 11) is 0. The Morgan fingerprint density at radius 1 is 1.25 bits per heavy atom. The Bertz CT molecular complexity index is 421. The first-order chi connectivity index (χ1) is 7.49. The topological polar surface area (TPSA) is 117 Å². The molecule has 0 aliphatic heterocycles. The number of nitrogens with one attached hydrogen (secondary N) is 1. The minimum absolute atomic E-state index is 0.0423. The molecule has 86 valence electrons. The molecule has 3 N–H and O–H groups in total. The molecule has 0 bridgehead atoms. The third-order valence-corrected chi connectivity index (χ3v) is 1.64. The number of furan rings is 1. The second kappa shape index (κ2) is 4.96. The van der Waals surface area contributed by atoms with E-state index in [0.717, 1.165) is 0 Å². The van der Waals surface area contributed by atoms with Gasteiger partial charge in [-0.15, -0.1) is 0 Å². The molecule has 7 heteroatoms. The quantitative estimate of drug-likeness (QED) is 0.612. The largest absolute Gasteiger partial charge is 0.481 e. The first kappa shape index (κ1) is 11.8. The van der Waals surface area contributed by atoms with Crippen molar-refractivity contribution in [2.75, 3.05) is 0 Å². The number of aliphatic carboxylic acids is 1. The van der Waals surface area contributed by atoms with Gasteiger partial charge in [0.15, 0.2) is 0 Å². The van der Waals surface area contributed by atoms with Gasteiger partial charge < -0.3 is 19.9 Å². The van der Waals surface area contributed by atoms with Gasteiger partial charge >= 0.3 is 11.9 Å². The van der Waals surface area contributed by atoms with Gasteiger partial charge in [0.1, 0.15) is 12.2 Å². The number of carbonyl (C=O) groups is 3. The minimum Gasteiger partial charge on any atom is -0.481 e. The van der Waals surface area contributed by atoms with Gasteiger partial charge in [-0.05, 0) is 12.1 Å². The van der Waals surface area contributed by atoms with Crippen molar-refractivity contribution in [3.05, 3.63) is 23.7 Å². The van der Waals surface area contributed by atoms with Crippen LogP contribution in [0.15, 0.2) is 16.5 Å². The molecule has 1 rings (SSSR count). The van der Waals surface area contributed by atoms with Crippen LogP contribution >= 0.6 is 0 Å². The van der Waals surface area contributed by atoms with E-state index in [4.69, 9.17) is 14.6 Å². The van der Waals surface area contributed by atoms with Crippen molar-refractivity contribution in [2.24, 2.45) is 0 Å². The molecular weight excluding hydrogens is 218 g/mol. The highest BCUT2D eigenvalue weighted by Gasteiger charge is 2.11. The zero-order valence-corrected chi connectivity index (χ0v) is 8.10. The predicted molar refractivity (Wildman–Crippen MR) is 49.8 cm³/mol. The molecule has 1 heterocycles. The summed E-state index contributed by atoms with van der Waals surface area (Å²) in [4.78, 5) is 31.5. The summed E-state index contributed by atoms with van der Waals surface area (Å²) in [5.41, 5.74) is 0. The van der Waals surface area contributed by atoms with Gasteiger partial charge in [0.25, 0.3) is 0 Å². The maximum absolute atomic E-state index is 10.9. The smallest absolute Gasteiger partial charge is 0.371 e. The van der Waals surface area contributed by atoms with E-state index < -0.39 is 24.3 Å². The monoisotopic (exact) mass is 227 g/mol. The Kier molecular flexibility index (Phi) is 3.65. The van der Waals surface area contributed by atoms with Crippen LogP contribution < -0.4 is 5.32 Å². The molecule has 1 aromatic rings. The fourth-order valence-electron chi connectivity index (χ4n) is 0.973. The molecule has 1 aromatic heterocycles. The molecule has 0 saturated heterocycles. The molecule has 0 spiro atoms. The Morgan fingerprint density at radius 2 is 1.94 bits per heavy atom. The highest BCUT2D eigenvalue weighted by atomic mass is 16.4. The van der Waals surface area contributed by atoms with Gasteiger partial charge in [0.2, 0.25) is 11.7 Å². The number of aromatic carboxylic acids is 1. The Labute approximate surface area is 89.7 Å². The second-order valence-corrected chi connectivity index (χ2v) is 2.92. The van der Waals surface area contributed by atoms with Crippen molar-refractivity contribution in [1.82, 2.24) is 5.32 Å². The number of carboxylic acids is 2. The molecular formula is C9H9NO6. The zero-order chi connectivity index (χ0) is 12.1. The van der Waals surface area contributed by atoms with Crippen molar-refractivity contribution >= 4 is 17.8 Å². The van der Waals surface area contributed by atoms with Crippen LogP contribution in [0.4, 0.5) is 0 Å². The molecule has 7 nitrogen and oxygen atoms in total. The van der Waals surface area contributed by atoms with Gasteiger partial charge in [-0.1, -0.05) is 0 Å². The third-order valence-electron chi connectivity index (χ3n) is 1.64. The fourth-order valence-corrected chi connectivity index (χ4v) is 0.973. The van der Waals surface area contributed by atoms with Crippen LogP contribution in [-0.4, -0.2) is 28.1 Å². The number of carbonyl (C=O) groups excluding carboxylic acids is 1. The lowest BCUT2D eigenvalue weighted by atomic mass is 10.4. The molecule has 0 radical (unpaired) electrons. The minimum atomic E-state index is -1.23. The van der Waals surface area contributed by atoms with Crippen LogP contribution in [0.2, 0.25) is 0 Å². The summed E-state index contributed by atoms with van der Waals surface area (Å²) >= 11 is 0. The standard InChI is InChI=1S/C9H9NO6/c11-7(3-8(12)13)10-4-5-1-2-6(16-5)9(14)15/h1-2H,3-4H2,(H,10,11)(H,12,13)(H,14,15). The van der Waals surface area contributed by atoms with E-state index in [1.54, 1.807) is 0 Å². The molecule has 0 fully saturated rings. The Morgan fingerprint density at radius 3 is 2.44 bits per heavy atom. The molecule has 16 heavy (non-hydrogen) atoms. The molecule has 0 aromatic carbocycles. The third kappa shape index (κ3) is 3.45. The highest BCUT2D eigenvalue weighted by molar-refractivity contribution is 5.93. The second-order valence-electron chi connectivity index (χ2n) is 2.92. The van der Waals surface area contributed by atoms with Crippen LogP contribution in [0.1, 0.15) is 22.7 Å². The maximum Gasteiger partial charge on any atom is 0.371 e. The van der Waals surface area contributed by atoms with E-state index in [1.165, 1.54) is 12.1 Å². The van der Waals surface area contributed by atoms with E-state index in [-0.39, 0.29) is 18.1 Å². The van der Waals surface area contributed by atoms with Gasteiger partial charge in [0.05, 0.1) is 6.54 Å². The first-order valence-corrected chi connectivity index (χ1v) is 4.29. The van der Waals surface area contributed by atoms with Gasteiger partial charge in [0, 0.05) is 0 Å². The number of carboxylic acid groups (broad SMARTS) is 2. The molecule has 0 atom stereocenters. The summed E-state index contributed by atoms with van der Waals surface area (Å²) in [5.74, 6) is -3.09.